The minimum Gasteiger partial charge on any atom is -0.361 e. The molecule has 0 saturated heterocycles. The number of carbonyl (C=O) groups is 1. The van der Waals surface area contributed by atoms with Crippen LogP contribution in [-0.4, -0.2) is 20.6 Å². The summed E-state index contributed by atoms with van der Waals surface area (Å²) in [5.41, 5.74) is 5.34. The molecule has 0 spiro atoms. The minimum atomic E-state index is -0.127. The van der Waals surface area contributed by atoms with Crippen molar-refractivity contribution in [3.05, 3.63) is 83.1 Å². The number of benzene rings is 2. The topological polar surface area (TPSA) is 73.0 Å². The number of rotatable bonds is 6. The first-order valence-corrected chi connectivity index (χ1v) is 12.2. The van der Waals surface area contributed by atoms with Gasteiger partial charge in [0, 0.05) is 46.6 Å². The molecular formula is C26H26N4O2S. The molecule has 3 heterocycles. The summed E-state index contributed by atoms with van der Waals surface area (Å²) in [4.78, 5) is 18.9. The number of nitrogens with one attached hydrogen (secondary N) is 1. The van der Waals surface area contributed by atoms with Crippen molar-refractivity contribution in [2.45, 2.75) is 50.3 Å². The van der Waals surface area contributed by atoms with E-state index in [1.54, 1.807) is 11.8 Å². The number of aromatic nitrogens is 3. The molecule has 0 unspecified atom stereocenters. The maximum absolute atomic E-state index is 13.2. The van der Waals surface area contributed by atoms with E-state index in [-0.39, 0.29) is 5.91 Å². The van der Waals surface area contributed by atoms with Crippen molar-refractivity contribution in [2.24, 2.45) is 0 Å². The van der Waals surface area contributed by atoms with Crippen LogP contribution in [0.1, 0.15) is 46.0 Å². The highest BCUT2D eigenvalue weighted by Crippen LogP contribution is 2.30. The van der Waals surface area contributed by atoms with Crippen LogP contribution in [0.2, 0.25) is 0 Å². The van der Waals surface area contributed by atoms with E-state index in [2.05, 4.69) is 21.2 Å². The van der Waals surface area contributed by atoms with Crippen molar-refractivity contribution in [1.82, 2.24) is 14.7 Å². The number of aryl methyl sites for hydroxylation is 4. The van der Waals surface area contributed by atoms with Crippen molar-refractivity contribution in [3.8, 4) is 11.3 Å². The van der Waals surface area contributed by atoms with Gasteiger partial charge in [0.15, 0.2) is 0 Å². The lowest BCUT2D eigenvalue weighted by Gasteiger charge is -2.11. The van der Waals surface area contributed by atoms with Crippen LogP contribution in [0.3, 0.4) is 0 Å². The molecule has 1 N–H and O–H groups in total. The monoisotopic (exact) mass is 458 g/mol. The van der Waals surface area contributed by atoms with E-state index >= 15 is 0 Å². The fraction of sp³-hybridized carbons (Fsp3) is 0.269. The average molecular weight is 459 g/mol. The fourth-order valence-electron chi connectivity index (χ4n) is 4.14. The molecule has 0 atom stereocenters. The summed E-state index contributed by atoms with van der Waals surface area (Å²) in [6.07, 6.45) is 5.54. The highest BCUT2D eigenvalue weighted by molar-refractivity contribution is 7.98. The van der Waals surface area contributed by atoms with Crippen LogP contribution in [0.5, 0.6) is 0 Å². The van der Waals surface area contributed by atoms with Gasteiger partial charge in [0.1, 0.15) is 11.6 Å². The van der Waals surface area contributed by atoms with Crippen molar-refractivity contribution in [3.63, 3.8) is 0 Å². The molecule has 0 aliphatic carbocycles. The molecule has 0 saturated carbocycles. The van der Waals surface area contributed by atoms with Gasteiger partial charge in [-0.1, -0.05) is 29.4 Å². The molecule has 0 radical (unpaired) electrons. The third kappa shape index (κ3) is 4.59. The van der Waals surface area contributed by atoms with E-state index in [0.717, 1.165) is 57.6 Å². The van der Waals surface area contributed by atoms with Crippen molar-refractivity contribution < 1.29 is 9.32 Å². The van der Waals surface area contributed by atoms with Crippen LogP contribution in [0.25, 0.3) is 11.3 Å². The Kier molecular flexibility index (Phi) is 6.05. The maximum Gasteiger partial charge on any atom is 0.256 e. The number of fused-ring (bicyclic) bond motifs is 1. The van der Waals surface area contributed by atoms with Crippen molar-refractivity contribution in [1.29, 1.82) is 0 Å². The summed E-state index contributed by atoms with van der Waals surface area (Å²) in [5.74, 6) is 2.54. The molecule has 5 rings (SSSR count). The first-order chi connectivity index (χ1) is 16.1. The molecule has 0 bridgehead atoms. The third-order valence-electron chi connectivity index (χ3n) is 6.01. The van der Waals surface area contributed by atoms with Gasteiger partial charge in [-0.2, -0.15) is 0 Å². The van der Waals surface area contributed by atoms with Gasteiger partial charge in [0.25, 0.3) is 5.91 Å². The van der Waals surface area contributed by atoms with Gasteiger partial charge in [-0.25, -0.2) is 4.98 Å². The molecule has 1 aliphatic heterocycles. The van der Waals surface area contributed by atoms with Gasteiger partial charge in [-0.3, -0.25) is 4.79 Å². The van der Waals surface area contributed by atoms with Crippen LogP contribution in [0.4, 0.5) is 5.69 Å². The number of nitrogens with zero attached hydrogens (tertiary/aromatic N) is 3. The fourth-order valence-corrected chi connectivity index (χ4v) is 5.35. The highest BCUT2D eigenvalue weighted by Gasteiger charge is 2.16. The number of hydrogen-bond donors (Lipinski definition) is 1. The van der Waals surface area contributed by atoms with E-state index in [0.29, 0.717) is 11.3 Å². The predicted molar refractivity (Wildman–Crippen MR) is 131 cm³/mol. The predicted octanol–water partition coefficient (Wildman–Crippen LogP) is 6.04. The van der Waals surface area contributed by atoms with Gasteiger partial charge in [-0.05, 0) is 51.0 Å². The van der Waals surface area contributed by atoms with Crippen LogP contribution in [0, 0.1) is 13.8 Å². The van der Waals surface area contributed by atoms with Crippen molar-refractivity contribution in [2.75, 3.05) is 5.32 Å². The number of amides is 1. The molecule has 1 aliphatic rings. The Bertz CT molecular complexity index is 1260. The molecule has 2 aromatic heterocycles. The Hall–Kier alpha value is -3.32. The van der Waals surface area contributed by atoms with Gasteiger partial charge < -0.3 is 14.4 Å². The summed E-state index contributed by atoms with van der Waals surface area (Å²) >= 11 is 1.61. The Morgan fingerprint density at radius 2 is 2.03 bits per heavy atom. The first kappa shape index (κ1) is 21.5. The van der Waals surface area contributed by atoms with E-state index < -0.39 is 0 Å². The first-order valence-electron chi connectivity index (χ1n) is 11.2. The second kappa shape index (κ2) is 9.27. The SMILES string of the molecule is Cc1noc(C)c1CSc1ccccc1C(=O)Nc1cccc(-c2cn3c(n2)CCCC3)c1. The van der Waals surface area contributed by atoms with E-state index in [1.165, 1.54) is 12.8 Å². The van der Waals surface area contributed by atoms with Crippen LogP contribution in [0.15, 0.2) is 64.1 Å². The number of anilines is 1. The molecule has 6 nitrogen and oxygen atoms in total. The molecule has 2 aromatic carbocycles. The molecule has 7 heteroatoms. The summed E-state index contributed by atoms with van der Waals surface area (Å²) in [7, 11) is 0. The van der Waals surface area contributed by atoms with Gasteiger partial charge in [0.2, 0.25) is 0 Å². The number of carbonyl (C=O) groups excluding carboxylic acids is 1. The second-order valence-corrected chi connectivity index (χ2v) is 9.33. The summed E-state index contributed by atoms with van der Waals surface area (Å²) in [6.45, 7) is 4.88. The Morgan fingerprint density at radius 1 is 1.15 bits per heavy atom. The Labute approximate surface area is 197 Å². The lowest BCUT2D eigenvalue weighted by Crippen LogP contribution is -2.13. The lowest BCUT2D eigenvalue weighted by atomic mass is 10.1. The van der Waals surface area contributed by atoms with Crippen LogP contribution < -0.4 is 5.32 Å². The summed E-state index contributed by atoms with van der Waals surface area (Å²) in [6, 6.07) is 15.6. The Balaban J connectivity index is 1.33. The van der Waals surface area contributed by atoms with Crippen molar-refractivity contribution >= 4 is 23.4 Å². The van der Waals surface area contributed by atoms with Crippen LogP contribution in [-0.2, 0) is 18.7 Å². The minimum absolute atomic E-state index is 0.127. The smallest absolute Gasteiger partial charge is 0.256 e. The average Bonchev–Trinajstić information content (AvgIpc) is 3.41. The zero-order valence-corrected chi connectivity index (χ0v) is 19.6. The lowest BCUT2D eigenvalue weighted by molar-refractivity contribution is 0.102. The standard InChI is InChI=1S/C26H26N4O2S/c1-17-22(18(2)32-29-17)16-33-24-11-4-3-10-21(24)26(31)27-20-9-7-8-19(14-20)23-15-30-13-6-5-12-25(30)28-23/h3-4,7-11,14-15H,5-6,12-13,16H2,1-2H3,(H,27,31). The molecule has 4 aromatic rings. The highest BCUT2D eigenvalue weighted by atomic mass is 32.2. The molecule has 1 amide bonds. The molecular weight excluding hydrogens is 432 g/mol. The Morgan fingerprint density at radius 3 is 2.85 bits per heavy atom. The van der Waals surface area contributed by atoms with E-state index in [9.17, 15) is 4.79 Å². The largest absolute Gasteiger partial charge is 0.361 e. The quantitative estimate of drug-likeness (QED) is 0.357. The molecule has 33 heavy (non-hydrogen) atoms. The second-order valence-electron chi connectivity index (χ2n) is 8.32. The normalized spacial score (nSPS) is 13.0. The van der Waals surface area contributed by atoms with Gasteiger partial charge >= 0.3 is 0 Å². The molecule has 0 fully saturated rings. The number of thioether (sulfide) groups is 1. The summed E-state index contributed by atoms with van der Waals surface area (Å²) in [5, 5.41) is 7.09. The maximum atomic E-state index is 13.2. The zero-order chi connectivity index (χ0) is 22.8. The van der Waals surface area contributed by atoms with Gasteiger partial charge in [-0.15, -0.1) is 11.8 Å². The van der Waals surface area contributed by atoms with E-state index in [4.69, 9.17) is 9.51 Å². The van der Waals surface area contributed by atoms with E-state index in [1.807, 2.05) is 62.4 Å². The van der Waals surface area contributed by atoms with Gasteiger partial charge in [0.05, 0.1) is 17.0 Å². The molecule has 168 valence electrons. The summed E-state index contributed by atoms with van der Waals surface area (Å²) < 4.78 is 7.51. The number of imidazole rings is 1. The zero-order valence-electron chi connectivity index (χ0n) is 18.8. The van der Waals surface area contributed by atoms with Crippen LogP contribution >= 0.6 is 11.8 Å². The number of hydrogen-bond acceptors (Lipinski definition) is 5. The third-order valence-corrected chi connectivity index (χ3v) is 7.11.